The van der Waals surface area contributed by atoms with E-state index in [1.54, 1.807) is 0 Å². The molecule has 0 aromatic heterocycles. The first-order valence-electron chi connectivity index (χ1n) is 6.39. The molecule has 0 heterocycles. The summed E-state index contributed by atoms with van der Waals surface area (Å²) < 4.78 is 5.13. The summed E-state index contributed by atoms with van der Waals surface area (Å²) in [6.07, 6.45) is -0.381. The molecule has 3 nitrogen and oxygen atoms in total. The van der Waals surface area contributed by atoms with Gasteiger partial charge in [0.2, 0.25) is 0 Å². The molecule has 0 fully saturated rings. The maximum absolute atomic E-state index is 11.4. The molecule has 0 saturated carbocycles. The minimum absolute atomic E-state index is 0.381. The smallest absolute Gasteiger partial charge is 0.407 e. The fourth-order valence-electron chi connectivity index (χ4n) is 1.19. The zero-order valence-corrected chi connectivity index (χ0v) is 12.3. The summed E-state index contributed by atoms with van der Waals surface area (Å²) in [6.45, 7) is 12.1. The zero-order chi connectivity index (χ0) is 14.2. The molecule has 18 heavy (non-hydrogen) atoms. The van der Waals surface area contributed by atoms with Gasteiger partial charge in [-0.1, -0.05) is 43.7 Å². The van der Waals surface area contributed by atoms with E-state index >= 15 is 0 Å². The van der Waals surface area contributed by atoms with E-state index in [9.17, 15) is 4.79 Å². The Bertz CT molecular complexity index is 350. The third-order valence-corrected chi connectivity index (χ3v) is 1.96. The number of aryl methyl sites for hydroxylation is 1. The fourth-order valence-corrected chi connectivity index (χ4v) is 1.19. The first-order chi connectivity index (χ1) is 8.37. The van der Waals surface area contributed by atoms with Crippen LogP contribution in [0.15, 0.2) is 24.3 Å². The Morgan fingerprint density at radius 3 is 2.11 bits per heavy atom. The van der Waals surface area contributed by atoms with Gasteiger partial charge < -0.3 is 10.1 Å². The molecule has 0 spiro atoms. The number of hydrogen-bond acceptors (Lipinski definition) is 2. The van der Waals surface area contributed by atoms with E-state index in [1.807, 2.05) is 65.8 Å². The van der Waals surface area contributed by atoms with Crippen LogP contribution in [0.25, 0.3) is 0 Å². The van der Waals surface area contributed by atoms with Gasteiger partial charge in [-0.15, -0.1) is 0 Å². The van der Waals surface area contributed by atoms with Gasteiger partial charge in [-0.3, -0.25) is 0 Å². The Morgan fingerprint density at radius 1 is 1.17 bits per heavy atom. The van der Waals surface area contributed by atoms with Crippen molar-refractivity contribution in [1.82, 2.24) is 5.32 Å². The summed E-state index contributed by atoms with van der Waals surface area (Å²) in [5, 5.41) is 2.71. The second-order valence-corrected chi connectivity index (χ2v) is 4.84. The molecule has 1 rings (SSSR count). The van der Waals surface area contributed by atoms with Crippen LogP contribution in [0.4, 0.5) is 4.79 Å². The highest BCUT2D eigenvalue weighted by Gasteiger charge is 2.15. The van der Waals surface area contributed by atoms with E-state index in [-0.39, 0.29) is 6.09 Å². The number of benzene rings is 1. The van der Waals surface area contributed by atoms with Crippen LogP contribution in [0.3, 0.4) is 0 Å². The summed E-state index contributed by atoms with van der Waals surface area (Å²) in [5.74, 6) is 0. The van der Waals surface area contributed by atoms with E-state index in [0.717, 1.165) is 5.56 Å². The monoisotopic (exact) mass is 251 g/mol. The molecule has 1 N–H and O–H groups in total. The fraction of sp³-hybridized carbons (Fsp3) is 0.533. The first kappa shape index (κ1) is 16.5. The highest BCUT2D eigenvalue weighted by molar-refractivity contribution is 5.67. The Morgan fingerprint density at radius 2 is 1.67 bits per heavy atom. The Kier molecular flexibility index (Phi) is 7.10. The third kappa shape index (κ3) is 7.71. The number of rotatable bonds is 2. The van der Waals surface area contributed by atoms with Gasteiger partial charge in [0.1, 0.15) is 5.60 Å². The molecule has 0 aliphatic carbocycles. The molecule has 3 heteroatoms. The Labute approximate surface area is 111 Å². The molecule has 1 aromatic carbocycles. The maximum atomic E-state index is 11.4. The van der Waals surface area contributed by atoms with Crippen molar-refractivity contribution in [3.63, 3.8) is 0 Å². The van der Waals surface area contributed by atoms with Crippen LogP contribution in [-0.2, 0) is 11.3 Å². The summed E-state index contributed by atoms with van der Waals surface area (Å²) in [6, 6.07) is 8.03. The first-order valence-corrected chi connectivity index (χ1v) is 6.39. The van der Waals surface area contributed by atoms with Crippen LogP contribution in [-0.4, -0.2) is 11.7 Å². The Hall–Kier alpha value is -1.51. The van der Waals surface area contributed by atoms with Crippen LogP contribution < -0.4 is 5.32 Å². The van der Waals surface area contributed by atoms with Crippen molar-refractivity contribution < 1.29 is 9.53 Å². The van der Waals surface area contributed by atoms with Crippen molar-refractivity contribution >= 4 is 6.09 Å². The lowest BCUT2D eigenvalue weighted by molar-refractivity contribution is 0.0523. The van der Waals surface area contributed by atoms with Gasteiger partial charge in [0.25, 0.3) is 0 Å². The number of carbonyl (C=O) groups is 1. The number of ether oxygens (including phenoxy) is 1. The van der Waals surface area contributed by atoms with Gasteiger partial charge in [-0.2, -0.15) is 0 Å². The van der Waals surface area contributed by atoms with Crippen LogP contribution in [0.2, 0.25) is 0 Å². The van der Waals surface area contributed by atoms with Crippen LogP contribution in [0, 0.1) is 6.92 Å². The van der Waals surface area contributed by atoms with Crippen molar-refractivity contribution in [3.05, 3.63) is 35.4 Å². The SMILES string of the molecule is CC.Cc1ccc(CNC(=O)OC(C)(C)C)cc1. The van der Waals surface area contributed by atoms with Gasteiger partial charge in [0, 0.05) is 6.54 Å². The lowest BCUT2D eigenvalue weighted by Crippen LogP contribution is -2.32. The van der Waals surface area contributed by atoms with Gasteiger partial charge in [0.05, 0.1) is 0 Å². The molecule has 0 radical (unpaired) electrons. The number of amides is 1. The highest BCUT2D eigenvalue weighted by Crippen LogP contribution is 2.07. The highest BCUT2D eigenvalue weighted by atomic mass is 16.6. The molecule has 0 atom stereocenters. The van der Waals surface area contributed by atoms with Gasteiger partial charge in [-0.05, 0) is 33.3 Å². The average Bonchev–Trinajstić information content (AvgIpc) is 2.29. The number of carbonyl (C=O) groups excluding carboxylic acids is 1. The molecule has 0 saturated heterocycles. The quantitative estimate of drug-likeness (QED) is 0.861. The Balaban J connectivity index is 0.00000137. The molecular weight excluding hydrogens is 226 g/mol. The largest absolute Gasteiger partial charge is 0.444 e. The second kappa shape index (κ2) is 7.75. The van der Waals surface area contributed by atoms with Crippen molar-refractivity contribution in [2.24, 2.45) is 0 Å². The van der Waals surface area contributed by atoms with E-state index in [0.29, 0.717) is 6.54 Å². The normalized spacial score (nSPS) is 10.1. The van der Waals surface area contributed by atoms with Crippen LogP contribution in [0.5, 0.6) is 0 Å². The van der Waals surface area contributed by atoms with Gasteiger partial charge in [-0.25, -0.2) is 4.79 Å². The predicted octanol–water partition coefficient (Wildman–Crippen LogP) is 4.05. The molecule has 0 aliphatic rings. The number of hydrogen-bond donors (Lipinski definition) is 1. The molecule has 0 bridgehead atoms. The number of nitrogens with one attached hydrogen (secondary N) is 1. The van der Waals surface area contributed by atoms with E-state index in [4.69, 9.17) is 4.74 Å². The van der Waals surface area contributed by atoms with Gasteiger partial charge >= 0.3 is 6.09 Å². The van der Waals surface area contributed by atoms with Crippen LogP contribution in [0.1, 0.15) is 45.7 Å². The topological polar surface area (TPSA) is 38.3 Å². The third-order valence-electron chi connectivity index (χ3n) is 1.96. The van der Waals surface area contributed by atoms with Crippen molar-refractivity contribution in [2.75, 3.05) is 0 Å². The minimum atomic E-state index is -0.447. The molecule has 0 unspecified atom stereocenters. The summed E-state index contributed by atoms with van der Waals surface area (Å²) in [4.78, 5) is 11.4. The van der Waals surface area contributed by atoms with E-state index in [2.05, 4.69) is 5.32 Å². The van der Waals surface area contributed by atoms with E-state index < -0.39 is 5.60 Å². The molecule has 1 amide bonds. The van der Waals surface area contributed by atoms with Crippen molar-refractivity contribution in [2.45, 2.75) is 53.7 Å². The summed E-state index contributed by atoms with van der Waals surface area (Å²) in [5.41, 5.74) is 1.83. The molecule has 102 valence electrons. The molecular formula is C15H25NO2. The summed E-state index contributed by atoms with van der Waals surface area (Å²) in [7, 11) is 0. The van der Waals surface area contributed by atoms with Crippen molar-refractivity contribution in [3.8, 4) is 0 Å². The second-order valence-electron chi connectivity index (χ2n) is 4.84. The van der Waals surface area contributed by atoms with Gasteiger partial charge in [0.15, 0.2) is 0 Å². The van der Waals surface area contributed by atoms with E-state index in [1.165, 1.54) is 5.56 Å². The predicted molar refractivity (Wildman–Crippen MR) is 75.6 cm³/mol. The number of alkyl carbamates (subject to hydrolysis) is 1. The lowest BCUT2D eigenvalue weighted by atomic mass is 10.1. The van der Waals surface area contributed by atoms with Crippen molar-refractivity contribution in [1.29, 1.82) is 0 Å². The minimum Gasteiger partial charge on any atom is -0.444 e. The zero-order valence-electron chi connectivity index (χ0n) is 12.3. The molecule has 0 aliphatic heterocycles. The van der Waals surface area contributed by atoms with Crippen LogP contribution >= 0.6 is 0 Å². The molecule has 1 aromatic rings. The average molecular weight is 251 g/mol. The maximum Gasteiger partial charge on any atom is 0.407 e. The summed E-state index contributed by atoms with van der Waals surface area (Å²) >= 11 is 0. The lowest BCUT2D eigenvalue weighted by Gasteiger charge is -2.19. The standard InChI is InChI=1S/C13H19NO2.C2H6/c1-10-5-7-11(8-6-10)9-14-12(15)16-13(2,3)4;1-2/h5-8H,9H2,1-4H3,(H,14,15);1-2H3.